The molecule has 4 rings (SSSR count). The van der Waals surface area contributed by atoms with Crippen molar-refractivity contribution in [2.45, 2.75) is 12.8 Å². The molecule has 0 fully saturated rings. The highest BCUT2D eigenvalue weighted by Gasteiger charge is 2.24. The van der Waals surface area contributed by atoms with Gasteiger partial charge in [-0.25, -0.2) is 4.79 Å². The summed E-state index contributed by atoms with van der Waals surface area (Å²) in [5, 5.41) is 9.45. The van der Waals surface area contributed by atoms with Gasteiger partial charge in [0.05, 0.1) is 25.2 Å². The number of allylic oxidation sites excluding steroid dienone is 1. The number of fused-ring (bicyclic) bond motifs is 2. The highest BCUT2D eigenvalue weighted by Crippen LogP contribution is 2.35. The van der Waals surface area contributed by atoms with Crippen LogP contribution in [0.3, 0.4) is 0 Å². The molecule has 1 aromatic heterocycles. The van der Waals surface area contributed by atoms with Crippen molar-refractivity contribution in [1.29, 1.82) is 0 Å². The van der Waals surface area contributed by atoms with Gasteiger partial charge in [0.15, 0.2) is 5.43 Å². The quantitative estimate of drug-likeness (QED) is 0.739. The minimum atomic E-state index is -1.07. The minimum Gasteiger partial charge on any atom is -0.497 e. The minimum absolute atomic E-state index is 0.0667. The van der Waals surface area contributed by atoms with Crippen LogP contribution in [0.25, 0.3) is 22.6 Å². The van der Waals surface area contributed by atoms with E-state index in [1.165, 1.54) is 18.2 Å². The van der Waals surface area contributed by atoms with Gasteiger partial charge in [-0.1, -0.05) is 0 Å². The molecule has 0 bridgehead atoms. The molecular weight excluding hydrogens is 360 g/mol. The summed E-state index contributed by atoms with van der Waals surface area (Å²) < 4.78 is 16.6. The molecular formula is C22H18O6. The van der Waals surface area contributed by atoms with Crippen LogP contribution in [-0.2, 0) is 6.42 Å². The largest absolute Gasteiger partial charge is 0.497 e. The number of aromatic carboxylic acids is 1. The number of ether oxygens (including phenoxy) is 2. The van der Waals surface area contributed by atoms with E-state index in [1.54, 1.807) is 20.3 Å². The Hall–Kier alpha value is -3.54. The zero-order chi connectivity index (χ0) is 19.8. The van der Waals surface area contributed by atoms with Gasteiger partial charge in [-0.05, 0) is 60.4 Å². The molecule has 1 heterocycles. The van der Waals surface area contributed by atoms with Gasteiger partial charge in [0, 0.05) is 11.6 Å². The Morgan fingerprint density at radius 3 is 2.43 bits per heavy atom. The van der Waals surface area contributed by atoms with Crippen molar-refractivity contribution in [2.24, 2.45) is 0 Å². The van der Waals surface area contributed by atoms with Gasteiger partial charge in [0.1, 0.15) is 22.8 Å². The van der Waals surface area contributed by atoms with Crippen molar-refractivity contribution in [1.82, 2.24) is 0 Å². The van der Waals surface area contributed by atoms with E-state index in [0.29, 0.717) is 46.6 Å². The smallest absolute Gasteiger partial charge is 0.335 e. The predicted molar refractivity (Wildman–Crippen MR) is 105 cm³/mol. The number of hydrogen-bond donors (Lipinski definition) is 1. The van der Waals surface area contributed by atoms with Gasteiger partial charge in [-0.15, -0.1) is 0 Å². The molecule has 0 unspecified atom stereocenters. The van der Waals surface area contributed by atoms with E-state index >= 15 is 0 Å². The van der Waals surface area contributed by atoms with E-state index in [-0.39, 0.29) is 11.0 Å². The summed E-state index contributed by atoms with van der Waals surface area (Å²) in [7, 11) is 3.18. The van der Waals surface area contributed by atoms with Crippen molar-refractivity contribution in [3.8, 4) is 11.5 Å². The molecule has 6 heteroatoms. The molecule has 0 saturated carbocycles. The summed E-state index contributed by atoms with van der Waals surface area (Å²) in [4.78, 5) is 24.1. The molecule has 1 aliphatic carbocycles. The summed E-state index contributed by atoms with van der Waals surface area (Å²) in [6.45, 7) is 0. The van der Waals surface area contributed by atoms with Crippen LogP contribution in [-0.4, -0.2) is 25.3 Å². The zero-order valence-corrected chi connectivity index (χ0v) is 15.4. The second-order valence-electron chi connectivity index (χ2n) is 6.57. The fraction of sp³-hybridized carbons (Fsp3) is 0.182. The van der Waals surface area contributed by atoms with Crippen LogP contribution in [0.1, 0.15) is 33.7 Å². The van der Waals surface area contributed by atoms with Crippen LogP contribution < -0.4 is 14.9 Å². The Labute approximate surface area is 160 Å². The first kappa shape index (κ1) is 17.9. The zero-order valence-electron chi connectivity index (χ0n) is 15.4. The average Bonchev–Trinajstić information content (AvgIpc) is 3.10. The van der Waals surface area contributed by atoms with Crippen LogP contribution in [0.5, 0.6) is 11.5 Å². The molecule has 0 aliphatic heterocycles. The van der Waals surface area contributed by atoms with Crippen LogP contribution >= 0.6 is 0 Å². The highest BCUT2D eigenvalue weighted by molar-refractivity contribution is 5.94. The second-order valence-corrected chi connectivity index (χ2v) is 6.57. The van der Waals surface area contributed by atoms with Crippen LogP contribution in [0.4, 0.5) is 0 Å². The topological polar surface area (TPSA) is 86.0 Å². The molecule has 0 saturated heterocycles. The van der Waals surface area contributed by atoms with E-state index < -0.39 is 5.97 Å². The normalized spacial score (nSPS) is 14.3. The third-order valence-corrected chi connectivity index (χ3v) is 4.88. The molecule has 0 radical (unpaired) electrons. The number of rotatable bonds is 4. The van der Waals surface area contributed by atoms with E-state index in [0.717, 1.165) is 11.1 Å². The Bertz CT molecular complexity index is 1160. The number of benzene rings is 2. The first-order chi connectivity index (χ1) is 13.5. The first-order valence-electron chi connectivity index (χ1n) is 8.77. The van der Waals surface area contributed by atoms with Crippen molar-refractivity contribution in [3.63, 3.8) is 0 Å². The maximum atomic E-state index is 12.9. The van der Waals surface area contributed by atoms with Crippen molar-refractivity contribution in [2.75, 3.05) is 14.2 Å². The van der Waals surface area contributed by atoms with Crippen molar-refractivity contribution in [3.05, 3.63) is 69.1 Å². The highest BCUT2D eigenvalue weighted by atomic mass is 16.5. The lowest BCUT2D eigenvalue weighted by atomic mass is 10.1. The first-order valence-corrected chi connectivity index (χ1v) is 8.77. The third kappa shape index (κ3) is 3.03. The Balaban J connectivity index is 1.84. The molecule has 0 atom stereocenters. The van der Waals surface area contributed by atoms with Crippen molar-refractivity contribution >= 4 is 28.6 Å². The standard InChI is InChI=1S/C22H18O6/c1-26-15-8-12(9-16(11-15)27-2)7-13-3-5-17-20(23)18-10-14(22(24)25)4-6-19(18)28-21(13)17/h4,6-11H,3,5H2,1-2H3,(H,24,25). The Morgan fingerprint density at radius 2 is 1.79 bits per heavy atom. The number of carboxylic acids is 1. The van der Waals surface area contributed by atoms with Gasteiger partial charge in [-0.3, -0.25) is 4.79 Å². The van der Waals surface area contributed by atoms with Crippen LogP contribution in [0.2, 0.25) is 0 Å². The van der Waals surface area contributed by atoms with E-state index in [4.69, 9.17) is 19.0 Å². The van der Waals surface area contributed by atoms with Gasteiger partial charge >= 0.3 is 5.97 Å². The summed E-state index contributed by atoms with van der Waals surface area (Å²) in [6, 6.07) is 9.89. The molecule has 2 aromatic carbocycles. The summed E-state index contributed by atoms with van der Waals surface area (Å²) in [6.07, 6.45) is 3.17. The maximum Gasteiger partial charge on any atom is 0.335 e. The summed E-state index contributed by atoms with van der Waals surface area (Å²) in [5.41, 5.74) is 2.64. The van der Waals surface area contributed by atoms with E-state index in [9.17, 15) is 9.59 Å². The van der Waals surface area contributed by atoms with Crippen LogP contribution in [0.15, 0.2) is 45.6 Å². The SMILES string of the molecule is COc1cc(C=C2CCc3c2oc2ccc(C(=O)O)cc2c3=O)cc(OC)c1. The van der Waals surface area contributed by atoms with Gasteiger partial charge in [0.25, 0.3) is 0 Å². The molecule has 28 heavy (non-hydrogen) atoms. The number of carboxylic acid groups (broad SMARTS) is 1. The second kappa shape index (κ2) is 6.88. The fourth-order valence-electron chi connectivity index (χ4n) is 3.48. The molecule has 6 nitrogen and oxygen atoms in total. The third-order valence-electron chi connectivity index (χ3n) is 4.88. The van der Waals surface area contributed by atoms with Crippen molar-refractivity contribution < 1.29 is 23.8 Å². The molecule has 1 N–H and O–H groups in total. The predicted octanol–water partition coefficient (Wildman–Crippen LogP) is 4.00. The van der Waals surface area contributed by atoms with E-state index in [2.05, 4.69) is 0 Å². The lowest BCUT2D eigenvalue weighted by molar-refractivity contribution is 0.0697. The Morgan fingerprint density at radius 1 is 1.07 bits per heavy atom. The molecule has 1 aliphatic rings. The fourth-order valence-corrected chi connectivity index (χ4v) is 3.48. The average molecular weight is 378 g/mol. The number of carbonyl (C=O) groups is 1. The van der Waals surface area contributed by atoms with Crippen LogP contribution in [0, 0.1) is 0 Å². The lowest BCUT2D eigenvalue weighted by Gasteiger charge is -2.07. The molecule has 0 spiro atoms. The summed E-state index contributed by atoms with van der Waals surface area (Å²) >= 11 is 0. The van der Waals surface area contributed by atoms with Gasteiger partial charge < -0.3 is 19.0 Å². The van der Waals surface area contributed by atoms with Gasteiger partial charge in [0.2, 0.25) is 0 Å². The molecule has 142 valence electrons. The number of hydrogen-bond acceptors (Lipinski definition) is 5. The lowest BCUT2D eigenvalue weighted by Crippen LogP contribution is -2.09. The maximum absolute atomic E-state index is 12.9. The monoisotopic (exact) mass is 378 g/mol. The molecule has 3 aromatic rings. The Kier molecular flexibility index (Phi) is 4.39. The van der Waals surface area contributed by atoms with E-state index in [1.807, 2.05) is 18.2 Å². The van der Waals surface area contributed by atoms with Gasteiger partial charge in [-0.2, -0.15) is 0 Å². The molecule has 0 amide bonds. The number of methoxy groups -OCH3 is 2. The summed E-state index contributed by atoms with van der Waals surface area (Å²) in [5.74, 6) is 0.827.